The van der Waals surface area contributed by atoms with Crippen LogP contribution in [0, 0.1) is 6.92 Å². The van der Waals surface area contributed by atoms with Crippen LogP contribution in [0.1, 0.15) is 25.6 Å². The number of carbonyl (C=O) groups excluding carboxylic acids is 2. The van der Waals surface area contributed by atoms with Crippen LogP contribution in [0.2, 0.25) is 0 Å². The number of thiophene rings is 2. The third-order valence-electron chi connectivity index (χ3n) is 3.34. The van der Waals surface area contributed by atoms with Gasteiger partial charge in [-0.3, -0.25) is 9.59 Å². The molecule has 116 valence electrons. The van der Waals surface area contributed by atoms with E-state index in [2.05, 4.69) is 5.32 Å². The Bertz CT molecular complexity index is 866. The van der Waals surface area contributed by atoms with Crippen molar-refractivity contribution in [2.45, 2.75) is 6.92 Å². The molecule has 0 spiro atoms. The second kappa shape index (κ2) is 6.36. The van der Waals surface area contributed by atoms with Gasteiger partial charge in [0.1, 0.15) is 5.00 Å². The van der Waals surface area contributed by atoms with Gasteiger partial charge in [0.2, 0.25) is 0 Å². The van der Waals surface area contributed by atoms with Crippen molar-refractivity contribution in [3.63, 3.8) is 0 Å². The minimum atomic E-state index is -0.547. The van der Waals surface area contributed by atoms with Crippen molar-refractivity contribution in [1.29, 1.82) is 0 Å². The quantitative estimate of drug-likeness (QED) is 0.748. The third-order valence-corrected chi connectivity index (χ3v) is 5.45. The molecule has 0 aliphatic rings. The maximum absolute atomic E-state index is 12.4. The predicted octanol–water partition coefficient (Wildman–Crippen LogP) is 4.14. The molecule has 0 saturated carbocycles. The summed E-state index contributed by atoms with van der Waals surface area (Å²) in [5.74, 6) is -0.779. The van der Waals surface area contributed by atoms with Gasteiger partial charge < -0.3 is 11.1 Å². The first-order valence-electron chi connectivity index (χ1n) is 6.91. The first-order chi connectivity index (χ1) is 11.1. The van der Waals surface area contributed by atoms with Crippen LogP contribution in [-0.2, 0) is 0 Å². The summed E-state index contributed by atoms with van der Waals surface area (Å²) >= 11 is 2.71. The van der Waals surface area contributed by atoms with Gasteiger partial charge in [-0.1, -0.05) is 30.3 Å². The van der Waals surface area contributed by atoms with Crippen molar-refractivity contribution >= 4 is 39.5 Å². The second-order valence-electron chi connectivity index (χ2n) is 4.97. The Morgan fingerprint density at radius 1 is 1.13 bits per heavy atom. The average molecular weight is 342 g/mol. The van der Waals surface area contributed by atoms with Crippen molar-refractivity contribution in [3.8, 4) is 10.4 Å². The van der Waals surface area contributed by atoms with Crippen molar-refractivity contribution in [1.82, 2.24) is 0 Å². The van der Waals surface area contributed by atoms with Gasteiger partial charge >= 0.3 is 0 Å². The summed E-state index contributed by atoms with van der Waals surface area (Å²) in [5, 5.41) is 4.98. The molecule has 0 atom stereocenters. The number of rotatable bonds is 4. The highest BCUT2D eigenvalue weighted by molar-refractivity contribution is 7.18. The van der Waals surface area contributed by atoms with Gasteiger partial charge in [-0.25, -0.2) is 0 Å². The van der Waals surface area contributed by atoms with Crippen molar-refractivity contribution in [2.24, 2.45) is 5.73 Å². The largest absolute Gasteiger partial charge is 0.366 e. The standard InChI is InChI=1S/C17H14N2O2S2/c1-10-9-13(23-14(10)11-5-3-2-4-6-11)16(21)19-17-12(15(18)20)7-8-22-17/h2-9H,1H3,(H2,18,20)(H,19,21). The molecule has 0 saturated heterocycles. The number of benzene rings is 1. The Labute approximate surface area is 141 Å². The molecule has 0 fully saturated rings. The van der Waals surface area contributed by atoms with Crippen LogP contribution in [0.3, 0.4) is 0 Å². The van der Waals surface area contributed by atoms with Gasteiger partial charge in [-0.05, 0) is 35.6 Å². The zero-order valence-corrected chi connectivity index (χ0v) is 14.0. The topological polar surface area (TPSA) is 72.2 Å². The molecule has 6 heteroatoms. The van der Waals surface area contributed by atoms with Gasteiger partial charge in [-0.15, -0.1) is 22.7 Å². The van der Waals surface area contributed by atoms with Gasteiger partial charge in [0.05, 0.1) is 10.4 Å². The number of hydrogen-bond donors (Lipinski definition) is 2. The maximum Gasteiger partial charge on any atom is 0.266 e. The Balaban J connectivity index is 1.86. The minimum Gasteiger partial charge on any atom is -0.366 e. The Kier molecular flexibility index (Phi) is 4.27. The van der Waals surface area contributed by atoms with Crippen LogP contribution in [0.25, 0.3) is 10.4 Å². The highest BCUT2D eigenvalue weighted by Crippen LogP contribution is 2.33. The number of nitrogens with two attached hydrogens (primary N) is 1. The van der Waals surface area contributed by atoms with E-state index in [-0.39, 0.29) is 5.91 Å². The molecule has 3 aromatic rings. The summed E-state index contributed by atoms with van der Waals surface area (Å²) in [6, 6.07) is 13.4. The zero-order valence-electron chi connectivity index (χ0n) is 12.3. The molecule has 1 aromatic carbocycles. The first-order valence-corrected chi connectivity index (χ1v) is 8.60. The summed E-state index contributed by atoms with van der Waals surface area (Å²) in [5.41, 5.74) is 7.76. The number of carbonyl (C=O) groups is 2. The van der Waals surface area contributed by atoms with E-state index < -0.39 is 5.91 Å². The van der Waals surface area contributed by atoms with Gasteiger partial charge in [0.25, 0.3) is 11.8 Å². The van der Waals surface area contributed by atoms with Gasteiger partial charge in [0, 0.05) is 4.88 Å². The molecule has 3 rings (SSSR count). The Hall–Kier alpha value is -2.44. The summed E-state index contributed by atoms with van der Waals surface area (Å²) in [6.45, 7) is 1.98. The number of amides is 2. The molecule has 2 amide bonds. The molecule has 0 aliphatic heterocycles. The molecule has 0 unspecified atom stereocenters. The molecule has 3 N–H and O–H groups in total. The lowest BCUT2D eigenvalue weighted by molar-refractivity contribution is 0.100. The molecule has 0 aliphatic carbocycles. The lowest BCUT2D eigenvalue weighted by atomic mass is 10.1. The van der Waals surface area contributed by atoms with Crippen LogP contribution in [-0.4, -0.2) is 11.8 Å². The molecule has 2 aromatic heterocycles. The first kappa shape index (κ1) is 15.5. The van der Waals surface area contributed by atoms with Crippen LogP contribution >= 0.6 is 22.7 Å². The van der Waals surface area contributed by atoms with Crippen LogP contribution < -0.4 is 11.1 Å². The fraction of sp³-hybridized carbons (Fsp3) is 0.0588. The van der Waals surface area contributed by atoms with E-state index in [9.17, 15) is 9.59 Å². The van der Waals surface area contributed by atoms with E-state index in [1.54, 1.807) is 11.4 Å². The number of hydrogen-bond acceptors (Lipinski definition) is 4. The van der Waals surface area contributed by atoms with Crippen molar-refractivity contribution in [3.05, 3.63) is 63.8 Å². The van der Waals surface area contributed by atoms with Crippen LogP contribution in [0.15, 0.2) is 47.8 Å². The van der Waals surface area contributed by atoms with Gasteiger partial charge in [-0.2, -0.15) is 0 Å². The number of anilines is 1. The second-order valence-corrected chi connectivity index (χ2v) is 6.94. The highest BCUT2D eigenvalue weighted by Gasteiger charge is 2.17. The summed E-state index contributed by atoms with van der Waals surface area (Å²) in [4.78, 5) is 25.4. The summed E-state index contributed by atoms with van der Waals surface area (Å²) < 4.78 is 0. The zero-order chi connectivity index (χ0) is 16.4. The molecular weight excluding hydrogens is 328 g/mol. The smallest absolute Gasteiger partial charge is 0.266 e. The fourth-order valence-corrected chi connectivity index (χ4v) is 4.10. The number of aryl methyl sites for hydroxylation is 1. The van der Waals surface area contributed by atoms with E-state index in [0.29, 0.717) is 15.4 Å². The lowest BCUT2D eigenvalue weighted by Crippen LogP contribution is -2.15. The maximum atomic E-state index is 12.4. The molecule has 0 radical (unpaired) electrons. The summed E-state index contributed by atoms with van der Waals surface area (Å²) in [6.07, 6.45) is 0. The Morgan fingerprint density at radius 3 is 2.57 bits per heavy atom. The van der Waals surface area contributed by atoms with E-state index >= 15 is 0 Å². The van der Waals surface area contributed by atoms with Crippen molar-refractivity contribution in [2.75, 3.05) is 5.32 Å². The Morgan fingerprint density at radius 2 is 1.87 bits per heavy atom. The predicted molar refractivity (Wildman–Crippen MR) is 95.3 cm³/mol. The number of primary amides is 1. The van der Waals surface area contributed by atoms with Gasteiger partial charge in [0.15, 0.2) is 0 Å². The number of nitrogens with one attached hydrogen (secondary N) is 1. The molecule has 23 heavy (non-hydrogen) atoms. The van der Waals surface area contributed by atoms with E-state index in [1.165, 1.54) is 22.7 Å². The molecular formula is C17H14N2O2S2. The van der Waals surface area contributed by atoms with E-state index in [1.807, 2.05) is 43.3 Å². The SMILES string of the molecule is Cc1cc(C(=O)Nc2sccc2C(N)=O)sc1-c1ccccc1. The van der Waals surface area contributed by atoms with Crippen molar-refractivity contribution < 1.29 is 9.59 Å². The minimum absolute atomic E-state index is 0.231. The summed E-state index contributed by atoms with van der Waals surface area (Å²) in [7, 11) is 0. The molecule has 4 nitrogen and oxygen atoms in total. The van der Waals surface area contributed by atoms with Crippen LogP contribution in [0.5, 0.6) is 0 Å². The molecule has 0 bridgehead atoms. The monoisotopic (exact) mass is 342 g/mol. The molecule has 2 heterocycles. The van der Waals surface area contributed by atoms with Crippen LogP contribution in [0.4, 0.5) is 5.00 Å². The normalized spacial score (nSPS) is 10.5. The van der Waals surface area contributed by atoms with E-state index in [4.69, 9.17) is 5.73 Å². The lowest BCUT2D eigenvalue weighted by Gasteiger charge is -2.02. The van der Waals surface area contributed by atoms with E-state index in [0.717, 1.165) is 16.0 Å². The highest BCUT2D eigenvalue weighted by atomic mass is 32.1. The average Bonchev–Trinajstić information content (AvgIpc) is 3.15. The fourth-order valence-electron chi connectivity index (χ4n) is 2.23. The third kappa shape index (κ3) is 3.18.